The van der Waals surface area contributed by atoms with E-state index in [0.717, 1.165) is 0 Å². The second kappa shape index (κ2) is 7.00. The molecule has 0 aromatic rings. The number of nitrogens with zero attached hydrogens (tertiary/aromatic N) is 4. The molecule has 2 N–H and O–H groups in total. The van der Waals surface area contributed by atoms with Crippen LogP contribution in [0.2, 0.25) is 0 Å². The molecule has 0 bridgehead atoms. The molecule has 0 aromatic heterocycles. The summed E-state index contributed by atoms with van der Waals surface area (Å²) in [7, 11) is 0. The van der Waals surface area contributed by atoms with Crippen molar-refractivity contribution in [3.63, 3.8) is 0 Å². The maximum atomic E-state index is 9.89. The van der Waals surface area contributed by atoms with E-state index in [1.54, 1.807) is 0 Å². The SMILES string of the molecule is O.O=[N+]([O-])[O][Sn]([O][N+](=O)[O-])([O][N+](=O)[O-])[O][N+](=O)[O-]. The minimum atomic E-state index is -6.68. The van der Waals surface area contributed by atoms with Crippen LogP contribution < -0.4 is 0 Å². The van der Waals surface area contributed by atoms with Crippen molar-refractivity contribution < 1.29 is 38.5 Å². The van der Waals surface area contributed by atoms with Gasteiger partial charge in [0.1, 0.15) is 0 Å². The zero-order valence-corrected chi connectivity index (χ0v) is 10.5. The Morgan fingerprint density at radius 2 is 0.778 bits per heavy atom. The van der Waals surface area contributed by atoms with Crippen molar-refractivity contribution in [2.75, 3.05) is 0 Å². The molecule has 0 rings (SSSR count). The van der Waals surface area contributed by atoms with Gasteiger partial charge >= 0.3 is 93.5 Å². The Labute approximate surface area is 99.6 Å². The van der Waals surface area contributed by atoms with Gasteiger partial charge in [-0.2, -0.15) is 0 Å². The first-order valence-corrected chi connectivity index (χ1v) is 7.67. The van der Waals surface area contributed by atoms with Gasteiger partial charge in [0.25, 0.3) is 0 Å². The van der Waals surface area contributed by atoms with Crippen LogP contribution in [0, 0.1) is 40.5 Å². The summed E-state index contributed by atoms with van der Waals surface area (Å²) in [4.78, 5) is 39.5. The summed E-state index contributed by atoms with van der Waals surface area (Å²) >= 11 is -6.68. The Kier molecular flexibility index (Phi) is 6.97. The van der Waals surface area contributed by atoms with Crippen molar-refractivity contribution >= 4 is 20.0 Å². The maximum absolute atomic E-state index is 9.89. The van der Waals surface area contributed by atoms with Crippen molar-refractivity contribution in [3.8, 4) is 0 Å². The molecule has 0 amide bonds. The molecule has 18 heavy (non-hydrogen) atoms. The summed E-state index contributed by atoms with van der Waals surface area (Å²) in [5.74, 6) is 0. The molecule has 0 aromatic carbocycles. The van der Waals surface area contributed by atoms with Crippen LogP contribution in [0.4, 0.5) is 0 Å². The van der Waals surface area contributed by atoms with Gasteiger partial charge in [-0.3, -0.25) is 0 Å². The van der Waals surface area contributed by atoms with Gasteiger partial charge in [0.15, 0.2) is 0 Å². The molecular formula is H2N4O13Sn. The van der Waals surface area contributed by atoms with Crippen LogP contribution in [0.5, 0.6) is 0 Å². The Morgan fingerprint density at radius 1 is 0.611 bits per heavy atom. The van der Waals surface area contributed by atoms with Crippen LogP contribution in [0.15, 0.2) is 0 Å². The first-order chi connectivity index (χ1) is 7.67. The van der Waals surface area contributed by atoms with Gasteiger partial charge in [-0.25, -0.2) is 0 Å². The minimum absolute atomic E-state index is 0. The van der Waals surface area contributed by atoms with Gasteiger partial charge in [-0.05, 0) is 0 Å². The Balaban J connectivity index is 0. The number of rotatable bonds is 8. The molecule has 0 atom stereocenters. The van der Waals surface area contributed by atoms with Crippen molar-refractivity contribution in [2.45, 2.75) is 0 Å². The Morgan fingerprint density at radius 3 is 0.889 bits per heavy atom. The van der Waals surface area contributed by atoms with Crippen molar-refractivity contribution in [1.82, 2.24) is 0 Å². The van der Waals surface area contributed by atoms with Crippen LogP contribution >= 0.6 is 0 Å². The predicted molar refractivity (Wildman–Crippen MR) is 41.7 cm³/mol. The van der Waals surface area contributed by atoms with E-state index in [9.17, 15) is 40.5 Å². The summed E-state index contributed by atoms with van der Waals surface area (Å²) in [6.45, 7) is 0. The van der Waals surface area contributed by atoms with E-state index in [4.69, 9.17) is 0 Å². The van der Waals surface area contributed by atoms with E-state index < -0.39 is 40.4 Å². The molecule has 0 aliphatic rings. The first-order valence-electron chi connectivity index (χ1n) is 3.01. The van der Waals surface area contributed by atoms with Gasteiger partial charge < -0.3 is 5.48 Å². The average Bonchev–Trinajstić information content (AvgIpc) is 1.95. The topological polar surface area (TPSA) is 241 Å². The molecule has 17 nitrogen and oxygen atoms in total. The molecule has 0 saturated carbocycles. The summed E-state index contributed by atoms with van der Waals surface area (Å²) in [6.07, 6.45) is 0. The third-order valence-electron chi connectivity index (χ3n) is 0.745. The van der Waals surface area contributed by atoms with Crippen molar-refractivity contribution in [1.29, 1.82) is 0 Å². The molecule has 18 heteroatoms. The zero-order valence-electron chi connectivity index (χ0n) is 7.69. The van der Waals surface area contributed by atoms with Crippen LogP contribution in [0.3, 0.4) is 0 Å². The quantitative estimate of drug-likeness (QED) is 0.238. The standard InChI is InChI=1S/4NO3.H2O.Sn/c4*2-1(3)4;;/h;;;;1H2;/q4*-1;;+4. The second-order valence-electron chi connectivity index (χ2n) is 1.76. The van der Waals surface area contributed by atoms with Crippen LogP contribution in [0.1, 0.15) is 0 Å². The van der Waals surface area contributed by atoms with Gasteiger partial charge in [0.2, 0.25) is 0 Å². The Hall–Kier alpha value is -2.44. The van der Waals surface area contributed by atoms with Crippen LogP contribution in [-0.2, 0) is 12.7 Å². The van der Waals surface area contributed by atoms with Crippen LogP contribution in [-0.4, -0.2) is 45.9 Å². The normalized spacial score (nSPS) is 9.33. The number of hydrogen-bond donors (Lipinski definition) is 0. The third kappa shape index (κ3) is 6.94. The van der Waals surface area contributed by atoms with Gasteiger partial charge in [-0.15, -0.1) is 0 Å². The molecule has 0 radical (unpaired) electrons. The van der Waals surface area contributed by atoms with Gasteiger partial charge in [0.05, 0.1) is 0 Å². The third-order valence-corrected chi connectivity index (χ3v) is 5.00. The molecule has 0 unspecified atom stereocenters. The molecular weight excluding hydrogens is 383 g/mol. The van der Waals surface area contributed by atoms with E-state index >= 15 is 0 Å². The Bertz CT molecular complexity index is 277. The molecule has 0 heterocycles. The average molecular weight is 385 g/mol. The van der Waals surface area contributed by atoms with Gasteiger partial charge in [0, 0.05) is 0 Å². The fourth-order valence-corrected chi connectivity index (χ4v) is 3.12. The van der Waals surface area contributed by atoms with E-state index in [0.29, 0.717) is 0 Å². The first kappa shape index (κ1) is 17.9. The monoisotopic (exact) mass is 386 g/mol. The van der Waals surface area contributed by atoms with Crippen molar-refractivity contribution in [2.24, 2.45) is 0 Å². The summed E-state index contributed by atoms with van der Waals surface area (Å²) in [5.41, 5.74) is 0. The van der Waals surface area contributed by atoms with Gasteiger partial charge in [-0.1, -0.05) is 0 Å². The molecule has 0 aliphatic carbocycles. The fraction of sp³-hybridized carbons (Fsp3) is 0. The summed E-state index contributed by atoms with van der Waals surface area (Å²) in [5, 5.41) is 32.3. The van der Waals surface area contributed by atoms with Crippen LogP contribution in [0.25, 0.3) is 0 Å². The summed E-state index contributed by atoms with van der Waals surface area (Å²) < 4.78 is 13.2. The predicted octanol–water partition coefficient (Wildman–Crippen LogP) is -2.57. The molecule has 104 valence electrons. The molecule has 0 spiro atoms. The fourth-order valence-electron chi connectivity index (χ4n) is 0.465. The molecule has 0 fully saturated rings. The van der Waals surface area contributed by atoms with Crippen molar-refractivity contribution in [3.05, 3.63) is 40.5 Å². The van der Waals surface area contributed by atoms with E-state index in [1.807, 2.05) is 0 Å². The second-order valence-corrected chi connectivity index (χ2v) is 6.70. The van der Waals surface area contributed by atoms with E-state index in [1.165, 1.54) is 0 Å². The zero-order chi connectivity index (χ0) is 13.6. The molecule has 0 saturated heterocycles. The molecule has 0 aliphatic heterocycles. The van der Waals surface area contributed by atoms with E-state index in [2.05, 4.69) is 12.7 Å². The van der Waals surface area contributed by atoms with E-state index in [-0.39, 0.29) is 5.48 Å². The summed E-state index contributed by atoms with van der Waals surface area (Å²) in [6, 6.07) is 0. The number of hydrogen-bond acceptors (Lipinski definition) is 12.